The van der Waals surface area contributed by atoms with Crippen LogP contribution < -0.4 is 5.32 Å². The molecule has 0 spiro atoms. The summed E-state index contributed by atoms with van der Waals surface area (Å²) in [5.41, 5.74) is 1.82. The van der Waals surface area contributed by atoms with Crippen molar-refractivity contribution in [3.05, 3.63) is 71.8 Å². The molecule has 2 rings (SSSR count). The van der Waals surface area contributed by atoms with E-state index in [9.17, 15) is 13.0 Å². The zero-order chi connectivity index (χ0) is 14.4. The van der Waals surface area contributed by atoms with Gasteiger partial charge in [0.25, 0.3) is 10.1 Å². The SMILES string of the molecule is O=S(=O)(O)[C@@H](Cc1ccccc1)NCc1ccccc1. The van der Waals surface area contributed by atoms with E-state index < -0.39 is 15.5 Å². The minimum atomic E-state index is -4.14. The van der Waals surface area contributed by atoms with E-state index in [-0.39, 0.29) is 6.42 Å². The lowest BCUT2D eigenvalue weighted by Crippen LogP contribution is -2.37. The topological polar surface area (TPSA) is 66.4 Å². The van der Waals surface area contributed by atoms with Crippen LogP contribution in [0.1, 0.15) is 11.1 Å². The van der Waals surface area contributed by atoms with Gasteiger partial charge in [-0.1, -0.05) is 60.7 Å². The lowest BCUT2D eigenvalue weighted by atomic mass is 10.1. The van der Waals surface area contributed by atoms with Gasteiger partial charge in [-0.3, -0.25) is 9.87 Å². The predicted molar refractivity (Wildman–Crippen MR) is 78.8 cm³/mol. The fourth-order valence-electron chi connectivity index (χ4n) is 1.94. The Bertz CT molecular complexity index is 627. The van der Waals surface area contributed by atoms with Crippen molar-refractivity contribution >= 4 is 10.1 Å². The van der Waals surface area contributed by atoms with Crippen LogP contribution in [0.2, 0.25) is 0 Å². The molecule has 2 aromatic carbocycles. The van der Waals surface area contributed by atoms with Crippen LogP contribution >= 0.6 is 0 Å². The van der Waals surface area contributed by atoms with Crippen LogP contribution in [-0.4, -0.2) is 18.3 Å². The second-order valence-corrected chi connectivity index (χ2v) is 6.16. The van der Waals surface area contributed by atoms with Crippen molar-refractivity contribution in [2.45, 2.75) is 18.3 Å². The highest BCUT2D eigenvalue weighted by Crippen LogP contribution is 2.08. The summed E-state index contributed by atoms with van der Waals surface area (Å²) in [5, 5.41) is 1.88. The monoisotopic (exact) mass is 291 g/mol. The van der Waals surface area contributed by atoms with E-state index in [0.717, 1.165) is 11.1 Å². The van der Waals surface area contributed by atoms with Crippen molar-refractivity contribution in [3.63, 3.8) is 0 Å². The first-order chi connectivity index (χ1) is 9.55. The molecule has 0 radical (unpaired) electrons. The number of benzene rings is 2. The molecule has 0 aliphatic rings. The van der Waals surface area contributed by atoms with Gasteiger partial charge in [0.05, 0.1) is 0 Å². The maximum atomic E-state index is 11.5. The number of hydrogen-bond donors (Lipinski definition) is 2. The third-order valence-electron chi connectivity index (χ3n) is 3.00. The summed E-state index contributed by atoms with van der Waals surface area (Å²) in [7, 11) is -4.14. The first kappa shape index (κ1) is 14.7. The average molecular weight is 291 g/mol. The first-order valence-corrected chi connectivity index (χ1v) is 7.83. The Morgan fingerprint density at radius 3 is 1.90 bits per heavy atom. The van der Waals surface area contributed by atoms with Crippen LogP contribution in [0, 0.1) is 0 Å². The number of rotatable bonds is 6. The third kappa shape index (κ3) is 4.45. The Morgan fingerprint density at radius 2 is 1.40 bits per heavy atom. The number of hydrogen-bond acceptors (Lipinski definition) is 3. The van der Waals surface area contributed by atoms with Crippen LogP contribution in [0.4, 0.5) is 0 Å². The Morgan fingerprint density at radius 1 is 0.900 bits per heavy atom. The molecule has 0 amide bonds. The van der Waals surface area contributed by atoms with Gasteiger partial charge in [0.1, 0.15) is 5.37 Å². The molecule has 0 saturated carbocycles. The van der Waals surface area contributed by atoms with Crippen LogP contribution in [0.15, 0.2) is 60.7 Å². The van der Waals surface area contributed by atoms with Crippen molar-refractivity contribution in [3.8, 4) is 0 Å². The zero-order valence-electron chi connectivity index (χ0n) is 10.9. The maximum absolute atomic E-state index is 11.5. The molecule has 106 valence electrons. The molecule has 2 aromatic rings. The fraction of sp³-hybridized carbons (Fsp3) is 0.200. The Labute approximate surface area is 119 Å². The van der Waals surface area contributed by atoms with Gasteiger partial charge >= 0.3 is 0 Å². The van der Waals surface area contributed by atoms with Crippen LogP contribution in [-0.2, 0) is 23.1 Å². The van der Waals surface area contributed by atoms with Crippen LogP contribution in [0.3, 0.4) is 0 Å². The summed E-state index contributed by atoms with van der Waals surface area (Å²) in [6, 6.07) is 18.7. The molecule has 0 heterocycles. The second kappa shape index (κ2) is 6.65. The summed E-state index contributed by atoms with van der Waals surface area (Å²) < 4.78 is 32.2. The van der Waals surface area contributed by atoms with E-state index in [1.54, 1.807) is 0 Å². The molecule has 1 atom stereocenters. The van der Waals surface area contributed by atoms with E-state index in [0.29, 0.717) is 6.54 Å². The van der Waals surface area contributed by atoms with Gasteiger partial charge in [0.15, 0.2) is 0 Å². The van der Waals surface area contributed by atoms with Crippen LogP contribution in [0.5, 0.6) is 0 Å². The minimum absolute atomic E-state index is 0.229. The highest BCUT2D eigenvalue weighted by Gasteiger charge is 2.22. The molecule has 0 bridgehead atoms. The second-order valence-electron chi connectivity index (χ2n) is 4.56. The molecule has 4 nitrogen and oxygen atoms in total. The van der Waals surface area contributed by atoms with Crippen molar-refractivity contribution in [2.24, 2.45) is 0 Å². The fourth-order valence-corrected chi connectivity index (χ4v) is 2.64. The molecule has 5 heteroatoms. The smallest absolute Gasteiger partial charge is 0.281 e. The van der Waals surface area contributed by atoms with E-state index >= 15 is 0 Å². The van der Waals surface area contributed by atoms with E-state index in [1.165, 1.54) is 0 Å². The zero-order valence-corrected chi connectivity index (χ0v) is 11.8. The lowest BCUT2D eigenvalue weighted by molar-refractivity contribution is 0.447. The molecular weight excluding hydrogens is 274 g/mol. The van der Waals surface area contributed by atoms with Gasteiger partial charge in [0.2, 0.25) is 0 Å². The highest BCUT2D eigenvalue weighted by molar-refractivity contribution is 7.86. The van der Waals surface area contributed by atoms with Gasteiger partial charge < -0.3 is 0 Å². The van der Waals surface area contributed by atoms with E-state index in [2.05, 4.69) is 5.32 Å². The summed E-state index contributed by atoms with van der Waals surface area (Å²) >= 11 is 0. The molecule has 0 fully saturated rings. The number of nitrogens with one attached hydrogen (secondary N) is 1. The highest BCUT2D eigenvalue weighted by atomic mass is 32.2. The largest absolute Gasteiger partial charge is 0.295 e. The molecule has 0 aliphatic heterocycles. The first-order valence-electron chi connectivity index (χ1n) is 6.33. The van der Waals surface area contributed by atoms with Gasteiger partial charge in [-0.2, -0.15) is 8.42 Å². The summed E-state index contributed by atoms with van der Waals surface area (Å²) in [4.78, 5) is 0. The molecule has 0 unspecified atom stereocenters. The predicted octanol–water partition coefficient (Wildman–Crippen LogP) is 2.23. The van der Waals surface area contributed by atoms with Gasteiger partial charge in [-0.15, -0.1) is 0 Å². The molecule has 0 aliphatic carbocycles. The molecular formula is C15H17NO3S. The normalized spacial score (nSPS) is 13.1. The Balaban J connectivity index is 2.05. The van der Waals surface area contributed by atoms with E-state index in [1.807, 2.05) is 60.7 Å². The summed E-state index contributed by atoms with van der Waals surface area (Å²) in [5.74, 6) is 0. The van der Waals surface area contributed by atoms with Gasteiger partial charge in [-0.25, -0.2) is 0 Å². The Kier molecular flexibility index (Phi) is 4.89. The van der Waals surface area contributed by atoms with Crippen molar-refractivity contribution < 1.29 is 13.0 Å². The van der Waals surface area contributed by atoms with Crippen molar-refractivity contribution in [1.82, 2.24) is 5.32 Å². The van der Waals surface area contributed by atoms with Crippen molar-refractivity contribution in [2.75, 3.05) is 0 Å². The third-order valence-corrected chi connectivity index (χ3v) is 4.05. The minimum Gasteiger partial charge on any atom is -0.295 e. The molecule has 0 aromatic heterocycles. The van der Waals surface area contributed by atoms with Crippen molar-refractivity contribution in [1.29, 1.82) is 0 Å². The molecule has 2 N–H and O–H groups in total. The molecule has 20 heavy (non-hydrogen) atoms. The quantitative estimate of drug-likeness (QED) is 0.801. The summed E-state index contributed by atoms with van der Waals surface area (Å²) in [6.45, 7) is 0.387. The average Bonchev–Trinajstić information content (AvgIpc) is 2.44. The maximum Gasteiger partial charge on any atom is 0.281 e. The standard InChI is InChI=1S/C15H17NO3S/c17-20(18,19)15(11-13-7-3-1-4-8-13)16-12-14-9-5-2-6-10-14/h1-10,15-16H,11-12H2,(H,17,18,19)/t15-/m0/s1. The Hall–Kier alpha value is -1.69. The molecule has 0 saturated heterocycles. The van der Waals surface area contributed by atoms with Gasteiger partial charge in [0, 0.05) is 13.0 Å². The lowest BCUT2D eigenvalue weighted by Gasteiger charge is -2.16. The van der Waals surface area contributed by atoms with Crippen LogP contribution in [0.25, 0.3) is 0 Å². The van der Waals surface area contributed by atoms with E-state index in [4.69, 9.17) is 0 Å². The van der Waals surface area contributed by atoms with Gasteiger partial charge in [-0.05, 0) is 11.1 Å². The summed E-state index contributed by atoms with van der Waals surface area (Å²) in [6.07, 6.45) is 0.229.